The van der Waals surface area contributed by atoms with Crippen molar-refractivity contribution in [3.63, 3.8) is 0 Å². The minimum atomic E-state index is -0.556. The number of carbonyl (C=O) groups excluding carboxylic acids is 1. The number of likely N-dealkylation sites (tertiary alicyclic amines) is 1. The van der Waals surface area contributed by atoms with Gasteiger partial charge in [-0.25, -0.2) is 4.39 Å². The number of amides is 1. The summed E-state index contributed by atoms with van der Waals surface area (Å²) in [6.45, 7) is 7.69. The van der Waals surface area contributed by atoms with Crippen LogP contribution in [-0.4, -0.2) is 53.5 Å². The summed E-state index contributed by atoms with van der Waals surface area (Å²) in [6, 6.07) is 0. The van der Waals surface area contributed by atoms with E-state index in [0.29, 0.717) is 18.2 Å². The number of rotatable bonds is 6. The third kappa shape index (κ3) is 4.99. The molecule has 0 atom stereocenters. The number of alkyl halides is 1. The number of nitrogens with zero attached hydrogens (tertiary/aromatic N) is 3. The molecule has 1 fully saturated rings. The smallest absolute Gasteiger partial charge is 0.233 e. The number of hydrogen-bond donors (Lipinski definition) is 0. The maximum absolute atomic E-state index is 13.9. The Morgan fingerprint density at radius 2 is 2.00 bits per heavy atom. The van der Waals surface area contributed by atoms with Gasteiger partial charge >= 0.3 is 0 Å². The van der Waals surface area contributed by atoms with Crippen molar-refractivity contribution in [3.05, 3.63) is 58.2 Å². The second-order valence-electron chi connectivity index (χ2n) is 11.1. The first-order valence-corrected chi connectivity index (χ1v) is 13.8. The van der Waals surface area contributed by atoms with Crippen LogP contribution in [0, 0.1) is 11.3 Å². The molecule has 1 amide bonds. The van der Waals surface area contributed by atoms with Gasteiger partial charge in [0.15, 0.2) is 0 Å². The van der Waals surface area contributed by atoms with Gasteiger partial charge in [0.2, 0.25) is 5.91 Å². The predicted octanol–water partition coefficient (Wildman–Crippen LogP) is 6.47. The molecule has 0 unspecified atom stereocenters. The third-order valence-electron chi connectivity index (χ3n) is 8.29. The number of piperidine rings is 1. The molecule has 6 heteroatoms. The molecule has 0 radical (unpaired) electrons. The van der Waals surface area contributed by atoms with E-state index >= 15 is 0 Å². The highest BCUT2D eigenvalue weighted by Gasteiger charge is 2.37. The van der Waals surface area contributed by atoms with Gasteiger partial charge in [-0.3, -0.25) is 9.79 Å². The highest BCUT2D eigenvalue weighted by Crippen LogP contribution is 2.39. The zero-order chi connectivity index (χ0) is 24.6. The van der Waals surface area contributed by atoms with E-state index in [-0.39, 0.29) is 11.7 Å². The fourth-order valence-corrected chi connectivity index (χ4v) is 6.23. The highest BCUT2D eigenvalue weighted by atomic mass is 35.5. The van der Waals surface area contributed by atoms with Crippen LogP contribution in [0.3, 0.4) is 0 Å². The Balaban J connectivity index is 1.24. The molecular formula is C29H37ClFN3O. The number of allylic oxidation sites excluding steroid dienone is 7. The molecule has 2 aliphatic carbocycles. The summed E-state index contributed by atoms with van der Waals surface area (Å²) in [5.41, 5.74) is 6.80. The normalized spacial score (nSPS) is 23.8. The largest absolute Gasteiger partial charge is 0.315 e. The van der Waals surface area contributed by atoms with Crippen molar-refractivity contribution in [1.29, 1.82) is 0 Å². The third-order valence-corrected chi connectivity index (χ3v) is 8.96. The van der Waals surface area contributed by atoms with Gasteiger partial charge in [-0.15, -0.1) is 11.6 Å². The van der Waals surface area contributed by atoms with Crippen LogP contribution >= 0.6 is 11.6 Å². The first-order chi connectivity index (χ1) is 16.9. The molecule has 5 aliphatic rings. The summed E-state index contributed by atoms with van der Waals surface area (Å²) in [5.74, 6) is 0.790. The van der Waals surface area contributed by atoms with E-state index in [1.807, 2.05) is 20.0 Å². The van der Waals surface area contributed by atoms with Crippen molar-refractivity contribution in [2.24, 2.45) is 16.3 Å². The van der Waals surface area contributed by atoms with E-state index in [1.165, 1.54) is 28.8 Å². The Labute approximate surface area is 214 Å². The molecular weight excluding hydrogens is 461 g/mol. The average molecular weight is 498 g/mol. The van der Waals surface area contributed by atoms with Crippen LogP contribution in [0.4, 0.5) is 4.39 Å². The Kier molecular flexibility index (Phi) is 7.18. The molecule has 0 aromatic rings. The second kappa shape index (κ2) is 10.2. The van der Waals surface area contributed by atoms with Crippen LogP contribution in [0.15, 0.2) is 63.2 Å². The van der Waals surface area contributed by atoms with Crippen molar-refractivity contribution in [3.8, 4) is 0 Å². The van der Waals surface area contributed by atoms with Crippen molar-refractivity contribution in [2.45, 2.75) is 65.2 Å². The quantitative estimate of drug-likeness (QED) is 0.394. The fourth-order valence-electron chi connectivity index (χ4n) is 6.11. The van der Waals surface area contributed by atoms with Crippen molar-refractivity contribution >= 4 is 23.2 Å². The SMILES string of the molecule is CC(C)(CCl)C(=O)N1CCC2=CCCCC2=C1CCN1CCC(C2=CN=C3CC=C(F)C=C23)CC1. The number of carbonyl (C=O) groups is 1. The van der Waals surface area contributed by atoms with Gasteiger partial charge in [0.25, 0.3) is 0 Å². The van der Waals surface area contributed by atoms with Gasteiger partial charge in [0.05, 0.1) is 11.1 Å². The lowest BCUT2D eigenvalue weighted by atomic mass is 9.83. The summed E-state index contributed by atoms with van der Waals surface area (Å²) in [4.78, 5) is 22.6. The number of hydrogen-bond acceptors (Lipinski definition) is 3. The minimum Gasteiger partial charge on any atom is -0.315 e. The van der Waals surface area contributed by atoms with Crippen molar-refractivity contribution in [1.82, 2.24) is 9.80 Å². The monoisotopic (exact) mass is 497 g/mol. The second-order valence-corrected chi connectivity index (χ2v) is 11.4. The van der Waals surface area contributed by atoms with Gasteiger partial charge in [0.1, 0.15) is 5.83 Å². The van der Waals surface area contributed by atoms with E-state index in [2.05, 4.69) is 20.9 Å². The van der Waals surface area contributed by atoms with Crippen LogP contribution < -0.4 is 0 Å². The summed E-state index contributed by atoms with van der Waals surface area (Å²) in [7, 11) is 0. The van der Waals surface area contributed by atoms with Gasteiger partial charge in [-0.05, 0) is 100 Å². The molecule has 0 aromatic carbocycles. The van der Waals surface area contributed by atoms with Crippen LogP contribution in [0.5, 0.6) is 0 Å². The zero-order valence-corrected chi connectivity index (χ0v) is 21.8. The maximum Gasteiger partial charge on any atom is 0.233 e. The van der Waals surface area contributed by atoms with Gasteiger partial charge in [0, 0.05) is 49.3 Å². The topological polar surface area (TPSA) is 35.9 Å². The molecule has 0 spiro atoms. The maximum atomic E-state index is 13.9. The van der Waals surface area contributed by atoms with Crippen molar-refractivity contribution < 1.29 is 9.18 Å². The Morgan fingerprint density at radius 3 is 2.77 bits per heavy atom. The zero-order valence-electron chi connectivity index (χ0n) is 21.1. The molecule has 1 saturated heterocycles. The first-order valence-electron chi connectivity index (χ1n) is 13.2. The van der Waals surface area contributed by atoms with E-state index in [1.54, 1.807) is 12.2 Å². The van der Waals surface area contributed by atoms with E-state index in [0.717, 1.165) is 76.0 Å². The molecule has 0 aromatic heterocycles. The van der Waals surface area contributed by atoms with E-state index in [9.17, 15) is 9.18 Å². The van der Waals surface area contributed by atoms with Crippen molar-refractivity contribution in [2.75, 3.05) is 32.1 Å². The average Bonchev–Trinajstić information content (AvgIpc) is 3.30. The van der Waals surface area contributed by atoms with Crippen LogP contribution in [0.25, 0.3) is 0 Å². The van der Waals surface area contributed by atoms with Gasteiger partial charge < -0.3 is 9.80 Å². The lowest BCUT2D eigenvalue weighted by molar-refractivity contribution is -0.137. The van der Waals surface area contributed by atoms with Gasteiger partial charge in [-0.2, -0.15) is 0 Å². The summed E-state index contributed by atoms with van der Waals surface area (Å²) < 4.78 is 13.9. The van der Waals surface area contributed by atoms with Gasteiger partial charge in [-0.1, -0.05) is 6.08 Å². The molecule has 0 bridgehead atoms. The van der Waals surface area contributed by atoms with Crippen LogP contribution in [-0.2, 0) is 4.79 Å². The van der Waals surface area contributed by atoms with Crippen LogP contribution in [0.1, 0.15) is 65.2 Å². The fraction of sp³-hybridized carbons (Fsp3) is 0.586. The molecule has 5 rings (SSSR count). The summed E-state index contributed by atoms with van der Waals surface area (Å²) in [5, 5.41) is 0. The lowest BCUT2D eigenvalue weighted by Gasteiger charge is -2.40. The molecule has 35 heavy (non-hydrogen) atoms. The summed E-state index contributed by atoms with van der Waals surface area (Å²) >= 11 is 6.19. The standard InChI is InChI=1S/C29H37ClFN3O/c1-29(2,19-30)28(35)34-16-11-20-5-3-4-6-23(20)27(34)12-15-33-13-9-21(10-14-33)25-18-32-26-8-7-22(31)17-24(25)26/h5,7,17-18,21H,3-4,6,8-16,19H2,1-2H3. The lowest BCUT2D eigenvalue weighted by Crippen LogP contribution is -2.45. The molecule has 188 valence electrons. The molecule has 4 nitrogen and oxygen atoms in total. The Hall–Kier alpha value is -1.98. The molecule has 0 N–H and O–H groups in total. The summed E-state index contributed by atoms with van der Waals surface area (Å²) in [6.07, 6.45) is 15.6. The van der Waals surface area contributed by atoms with E-state index < -0.39 is 5.41 Å². The Morgan fingerprint density at radius 1 is 1.20 bits per heavy atom. The van der Waals surface area contributed by atoms with E-state index in [4.69, 9.17) is 11.6 Å². The minimum absolute atomic E-state index is 0.140. The molecule has 3 heterocycles. The predicted molar refractivity (Wildman–Crippen MR) is 141 cm³/mol. The Bertz CT molecular complexity index is 1070. The first kappa shape index (κ1) is 24.7. The number of fused-ring (bicyclic) bond motifs is 2. The van der Waals surface area contributed by atoms with Crippen LogP contribution in [0.2, 0.25) is 0 Å². The number of halogens is 2. The molecule has 3 aliphatic heterocycles. The highest BCUT2D eigenvalue weighted by molar-refractivity contribution is 6.19. The molecule has 0 saturated carbocycles. The number of aliphatic imine (C=N–C) groups is 1.